The van der Waals surface area contributed by atoms with E-state index in [0.717, 1.165) is 21.9 Å². The normalized spacial score (nSPS) is 10.6. The van der Waals surface area contributed by atoms with Crippen LogP contribution >= 0.6 is 0 Å². The van der Waals surface area contributed by atoms with Gasteiger partial charge in [0, 0.05) is 29.4 Å². The van der Waals surface area contributed by atoms with Crippen LogP contribution < -0.4 is 0 Å². The Morgan fingerprint density at radius 3 is 1.92 bits per heavy atom. The van der Waals surface area contributed by atoms with Crippen molar-refractivity contribution in [3.8, 4) is 23.7 Å². The molecule has 0 aliphatic carbocycles. The van der Waals surface area contributed by atoms with Crippen LogP contribution in [-0.2, 0) is 0 Å². The van der Waals surface area contributed by atoms with Crippen LogP contribution in [0, 0.1) is 30.6 Å². The van der Waals surface area contributed by atoms with Crippen LogP contribution in [-0.4, -0.2) is 16.1 Å². The van der Waals surface area contributed by atoms with Gasteiger partial charge in [0.1, 0.15) is 0 Å². The summed E-state index contributed by atoms with van der Waals surface area (Å²) >= 11 is 0. The summed E-state index contributed by atoms with van der Waals surface area (Å²) in [6.45, 7) is 1.90. The Morgan fingerprint density at radius 2 is 1.36 bits per heavy atom. The number of alkyl halides is 3. The Morgan fingerprint density at radius 1 is 0.800 bits per heavy atom. The number of rotatable bonds is 0. The third kappa shape index (κ3) is 4.59. The van der Waals surface area contributed by atoms with Crippen molar-refractivity contribution in [1.82, 2.24) is 9.97 Å². The lowest BCUT2D eigenvalue weighted by Gasteiger charge is -2.00. The van der Waals surface area contributed by atoms with Gasteiger partial charge in [-0.1, -0.05) is 24.0 Å². The summed E-state index contributed by atoms with van der Waals surface area (Å²) in [5, 5.41) is 1.67. The molecule has 0 atom stereocenters. The second-order valence-electron chi connectivity index (χ2n) is 5.36. The number of hydrogen-bond donors (Lipinski definition) is 0. The van der Waals surface area contributed by atoms with Crippen molar-refractivity contribution in [2.75, 3.05) is 0 Å². The molecule has 0 radical (unpaired) electrons. The van der Waals surface area contributed by atoms with E-state index in [-0.39, 0.29) is 0 Å². The topological polar surface area (TPSA) is 25.8 Å². The molecule has 0 unspecified atom stereocenters. The molecule has 2 nitrogen and oxygen atoms in total. The van der Waals surface area contributed by atoms with Gasteiger partial charge in [0.05, 0.1) is 0 Å². The first-order chi connectivity index (χ1) is 11.9. The Bertz CT molecular complexity index is 1040. The SMILES string of the molecule is Cc1cnc(C#Cc2ccc3cc(C#CC(F)(F)F)ccc3c2)nc1. The smallest absolute Gasteiger partial charge is 0.229 e. The van der Waals surface area contributed by atoms with Crippen molar-refractivity contribution < 1.29 is 13.2 Å². The monoisotopic (exact) mass is 336 g/mol. The zero-order valence-corrected chi connectivity index (χ0v) is 13.1. The molecule has 122 valence electrons. The Labute approximate surface area is 142 Å². The molecular formula is C20H11F3N2. The summed E-state index contributed by atoms with van der Waals surface area (Å²) in [7, 11) is 0. The van der Waals surface area contributed by atoms with Gasteiger partial charge in [-0.15, -0.1) is 0 Å². The standard InChI is InChI=1S/C20H11F3N2/c1-14-12-24-19(25-13-14)7-4-15-2-5-18-11-16(3-6-17(18)10-15)8-9-20(21,22)23/h2-3,5-6,10-13H,1H3. The average molecular weight is 336 g/mol. The van der Waals surface area contributed by atoms with Crippen molar-refractivity contribution in [3.05, 3.63) is 71.3 Å². The summed E-state index contributed by atoms with van der Waals surface area (Å²) in [5.41, 5.74) is 2.04. The number of benzene rings is 2. The lowest BCUT2D eigenvalue weighted by atomic mass is 10.0. The first-order valence-corrected chi connectivity index (χ1v) is 7.33. The molecule has 1 heterocycles. The van der Waals surface area contributed by atoms with Gasteiger partial charge in [0.2, 0.25) is 5.82 Å². The summed E-state index contributed by atoms with van der Waals surface area (Å²) in [4.78, 5) is 8.23. The molecule has 2 aromatic carbocycles. The molecule has 5 heteroatoms. The van der Waals surface area contributed by atoms with E-state index < -0.39 is 6.18 Å². The van der Waals surface area contributed by atoms with Crippen LogP contribution in [0.25, 0.3) is 10.8 Å². The molecular weight excluding hydrogens is 325 g/mol. The molecule has 0 amide bonds. The van der Waals surface area contributed by atoms with E-state index in [1.807, 2.05) is 13.0 Å². The van der Waals surface area contributed by atoms with Crippen molar-refractivity contribution in [3.63, 3.8) is 0 Å². The van der Waals surface area contributed by atoms with Gasteiger partial charge in [-0.25, -0.2) is 9.97 Å². The summed E-state index contributed by atoms with van der Waals surface area (Å²) in [6, 6.07) is 10.4. The van der Waals surface area contributed by atoms with Gasteiger partial charge in [0.15, 0.2) is 0 Å². The minimum Gasteiger partial charge on any atom is -0.229 e. The Balaban J connectivity index is 1.88. The van der Waals surface area contributed by atoms with Crippen LogP contribution in [0.15, 0.2) is 48.8 Å². The molecule has 25 heavy (non-hydrogen) atoms. The van der Waals surface area contributed by atoms with Crippen molar-refractivity contribution in [2.45, 2.75) is 13.1 Å². The van der Waals surface area contributed by atoms with Gasteiger partial charge >= 0.3 is 6.18 Å². The predicted octanol–water partition coefficient (Wildman–Crippen LogP) is 4.25. The molecule has 0 bridgehead atoms. The highest BCUT2D eigenvalue weighted by molar-refractivity contribution is 5.85. The summed E-state index contributed by atoms with van der Waals surface area (Å²) < 4.78 is 36.5. The predicted molar refractivity (Wildman–Crippen MR) is 89.6 cm³/mol. The first kappa shape index (κ1) is 16.5. The molecule has 0 spiro atoms. The number of hydrogen-bond acceptors (Lipinski definition) is 2. The van der Waals surface area contributed by atoms with Gasteiger partial charge < -0.3 is 0 Å². The minimum atomic E-state index is -4.49. The van der Waals surface area contributed by atoms with Crippen molar-refractivity contribution in [2.24, 2.45) is 0 Å². The maximum Gasteiger partial charge on any atom is 0.458 e. The lowest BCUT2D eigenvalue weighted by molar-refractivity contribution is -0.0696. The van der Waals surface area contributed by atoms with E-state index >= 15 is 0 Å². The molecule has 0 saturated carbocycles. The molecule has 0 aliphatic heterocycles. The number of fused-ring (bicyclic) bond motifs is 1. The fourth-order valence-corrected chi connectivity index (χ4v) is 2.13. The van der Waals surface area contributed by atoms with E-state index in [1.165, 1.54) is 5.92 Å². The maximum atomic E-state index is 12.2. The molecule has 3 rings (SSSR count). The summed E-state index contributed by atoms with van der Waals surface area (Å²) in [6.07, 6.45) is -1.10. The number of halogens is 3. The van der Waals surface area contributed by atoms with Crippen LogP contribution in [0.3, 0.4) is 0 Å². The quantitative estimate of drug-likeness (QED) is 0.574. The van der Waals surface area contributed by atoms with Gasteiger partial charge in [-0.05, 0) is 53.4 Å². The highest BCUT2D eigenvalue weighted by Gasteiger charge is 2.22. The molecule has 0 saturated heterocycles. The van der Waals surface area contributed by atoms with Crippen molar-refractivity contribution >= 4 is 10.8 Å². The van der Waals surface area contributed by atoms with Crippen LogP contribution in [0.1, 0.15) is 22.5 Å². The van der Waals surface area contributed by atoms with Crippen LogP contribution in [0.2, 0.25) is 0 Å². The number of aromatic nitrogens is 2. The zero-order valence-electron chi connectivity index (χ0n) is 13.1. The van der Waals surface area contributed by atoms with Gasteiger partial charge in [-0.2, -0.15) is 13.2 Å². The third-order valence-electron chi connectivity index (χ3n) is 3.29. The fraction of sp³-hybridized carbons (Fsp3) is 0.100. The van der Waals surface area contributed by atoms with E-state index in [4.69, 9.17) is 0 Å². The van der Waals surface area contributed by atoms with E-state index in [0.29, 0.717) is 11.4 Å². The molecule has 3 aromatic rings. The Hall–Kier alpha value is -3.31. The van der Waals surface area contributed by atoms with E-state index in [1.54, 1.807) is 42.7 Å². The lowest BCUT2D eigenvalue weighted by Crippen LogP contribution is -2.01. The van der Waals surface area contributed by atoms with Gasteiger partial charge in [-0.3, -0.25) is 0 Å². The molecule has 1 aromatic heterocycles. The highest BCUT2D eigenvalue weighted by atomic mass is 19.4. The van der Waals surface area contributed by atoms with Crippen molar-refractivity contribution in [1.29, 1.82) is 0 Å². The zero-order chi connectivity index (χ0) is 17.9. The second kappa shape index (κ2) is 6.67. The van der Waals surface area contributed by atoms with Crippen LogP contribution in [0.5, 0.6) is 0 Å². The van der Waals surface area contributed by atoms with Crippen LogP contribution in [0.4, 0.5) is 13.2 Å². The average Bonchev–Trinajstić information content (AvgIpc) is 2.58. The fourth-order valence-electron chi connectivity index (χ4n) is 2.13. The molecule has 0 fully saturated rings. The third-order valence-corrected chi connectivity index (χ3v) is 3.29. The highest BCUT2D eigenvalue weighted by Crippen LogP contribution is 2.18. The first-order valence-electron chi connectivity index (χ1n) is 7.33. The molecule has 0 aliphatic rings. The minimum absolute atomic E-state index is 0.316. The maximum absolute atomic E-state index is 12.2. The second-order valence-corrected chi connectivity index (χ2v) is 5.36. The Kier molecular flexibility index (Phi) is 4.41. The largest absolute Gasteiger partial charge is 0.458 e. The molecule has 0 N–H and O–H groups in total. The van der Waals surface area contributed by atoms with E-state index in [9.17, 15) is 13.2 Å². The van der Waals surface area contributed by atoms with E-state index in [2.05, 4.69) is 27.7 Å². The summed E-state index contributed by atoms with van der Waals surface area (Å²) in [5.74, 6) is 9.69. The van der Waals surface area contributed by atoms with Gasteiger partial charge in [0.25, 0.3) is 0 Å². The number of aryl methyl sites for hydroxylation is 1. The number of nitrogens with zero attached hydrogens (tertiary/aromatic N) is 2.